The van der Waals surface area contributed by atoms with Crippen LogP contribution in [0.15, 0.2) is 42.5 Å². The molecule has 0 spiro atoms. The van der Waals surface area contributed by atoms with Crippen LogP contribution in [0.3, 0.4) is 0 Å². The molecule has 3 rings (SSSR count). The molecular weight excluding hydrogens is 472 g/mol. The van der Waals surface area contributed by atoms with Crippen LogP contribution in [0.1, 0.15) is 37.6 Å². The summed E-state index contributed by atoms with van der Waals surface area (Å²) in [5.41, 5.74) is 1.46. The van der Waals surface area contributed by atoms with Crippen LogP contribution in [-0.2, 0) is 4.74 Å². The number of nitrogens with one attached hydrogen (secondary N) is 2. The molecule has 2 aromatic carbocycles. The van der Waals surface area contributed by atoms with Crippen LogP contribution in [0, 0.1) is 5.92 Å². The summed E-state index contributed by atoms with van der Waals surface area (Å²) in [7, 11) is 5.02. The molecule has 9 heteroatoms. The number of anilines is 2. The Morgan fingerprint density at radius 2 is 1.81 bits per heavy atom. The second-order valence-electron chi connectivity index (χ2n) is 9.61. The summed E-state index contributed by atoms with van der Waals surface area (Å²) in [4.78, 5) is 30.2. The van der Waals surface area contributed by atoms with Crippen molar-refractivity contribution in [2.75, 3.05) is 58.1 Å². The molecule has 1 heterocycles. The van der Waals surface area contributed by atoms with Gasteiger partial charge in [-0.2, -0.15) is 0 Å². The smallest absolute Gasteiger partial charge is 0.323 e. The highest BCUT2D eigenvalue weighted by Gasteiger charge is 2.28. The molecule has 37 heavy (non-hydrogen) atoms. The van der Waals surface area contributed by atoms with Crippen molar-refractivity contribution in [3.05, 3.63) is 48.0 Å². The van der Waals surface area contributed by atoms with Crippen molar-refractivity contribution in [3.8, 4) is 11.5 Å². The van der Waals surface area contributed by atoms with Crippen molar-refractivity contribution in [3.63, 3.8) is 0 Å². The van der Waals surface area contributed by atoms with Gasteiger partial charge in [0, 0.05) is 50.7 Å². The van der Waals surface area contributed by atoms with Gasteiger partial charge in [-0.05, 0) is 56.1 Å². The summed E-state index contributed by atoms with van der Waals surface area (Å²) in [6.45, 7) is 9.17. The topological polar surface area (TPSA) is 92.4 Å². The zero-order valence-electron chi connectivity index (χ0n) is 22.7. The van der Waals surface area contributed by atoms with Crippen molar-refractivity contribution in [1.29, 1.82) is 0 Å². The van der Waals surface area contributed by atoms with Crippen molar-refractivity contribution >= 4 is 23.3 Å². The average Bonchev–Trinajstić information content (AvgIpc) is 2.89. The SMILES string of the molecule is CCCN1C[C@@H](C)[C@H](OC)CN(C)C(=O)c2cc(NC(=O)Nc3cccc(OC)c3)ccc2OC[C@@H]1C. The van der Waals surface area contributed by atoms with Crippen LogP contribution >= 0.6 is 0 Å². The molecule has 0 fully saturated rings. The highest BCUT2D eigenvalue weighted by atomic mass is 16.5. The number of amides is 3. The first kappa shape index (κ1) is 28.3. The Labute approximate surface area is 220 Å². The number of urea groups is 1. The van der Waals surface area contributed by atoms with E-state index in [0.717, 1.165) is 19.5 Å². The average molecular weight is 513 g/mol. The summed E-state index contributed by atoms with van der Waals surface area (Å²) in [5, 5.41) is 5.59. The minimum atomic E-state index is -0.430. The van der Waals surface area contributed by atoms with Gasteiger partial charge in [0.15, 0.2) is 0 Å². The van der Waals surface area contributed by atoms with Gasteiger partial charge in [0.05, 0.1) is 18.8 Å². The van der Waals surface area contributed by atoms with E-state index in [4.69, 9.17) is 14.2 Å². The van der Waals surface area contributed by atoms with E-state index in [1.165, 1.54) is 0 Å². The Morgan fingerprint density at radius 1 is 1.08 bits per heavy atom. The molecule has 2 N–H and O–H groups in total. The van der Waals surface area contributed by atoms with Crippen LogP contribution < -0.4 is 20.1 Å². The van der Waals surface area contributed by atoms with Crippen LogP contribution in [-0.4, -0.2) is 81.4 Å². The zero-order valence-corrected chi connectivity index (χ0v) is 22.7. The molecule has 1 aliphatic rings. The minimum Gasteiger partial charge on any atom is -0.497 e. The first-order valence-electron chi connectivity index (χ1n) is 12.8. The standard InChI is InChI=1S/C28H40N4O5/c1-7-13-32-16-19(2)26(36-6)17-31(4)27(33)24-15-22(11-12-25(24)37-18-20(32)3)30-28(34)29-21-9-8-10-23(14-21)35-5/h8-12,14-15,19-20,26H,7,13,16-18H2,1-6H3,(H2,29,30,34)/t19-,20+,26-/m1/s1. The number of fused-ring (bicyclic) bond motifs is 1. The number of likely N-dealkylation sites (N-methyl/N-ethyl adjacent to an activating group) is 1. The summed E-state index contributed by atoms with van der Waals surface area (Å²) < 4.78 is 17.2. The number of rotatable bonds is 6. The molecule has 0 radical (unpaired) electrons. The molecule has 1 aliphatic heterocycles. The number of hydrogen-bond donors (Lipinski definition) is 2. The summed E-state index contributed by atoms with van der Waals surface area (Å²) in [5.74, 6) is 1.15. The molecule has 9 nitrogen and oxygen atoms in total. The highest BCUT2D eigenvalue weighted by Crippen LogP contribution is 2.27. The maximum absolute atomic E-state index is 13.5. The Balaban J connectivity index is 1.85. The molecule has 0 aromatic heterocycles. The van der Waals surface area contributed by atoms with E-state index in [1.807, 2.05) is 0 Å². The van der Waals surface area contributed by atoms with Gasteiger partial charge in [-0.3, -0.25) is 9.69 Å². The third-order valence-electron chi connectivity index (χ3n) is 6.67. The number of nitrogens with zero attached hydrogens (tertiary/aromatic N) is 2. The van der Waals surface area contributed by atoms with Crippen LogP contribution in [0.4, 0.5) is 16.2 Å². The Kier molecular flexibility index (Phi) is 10.2. The number of methoxy groups -OCH3 is 2. The third kappa shape index (κ3) is 7.60. The van der Waals surface area contributed by atoms with Crippen LogP contribution in [0.2, 0.25) is 0 Å². The number of carbonyl (C=O) groups is 2. The molecular formula is C28H40N4O5. The molecule has 0 unspecified atom stereocenters. The van der Waals surface area contributed by atoms with Gasteiger partial charge >= 0.3 is 6.03 Å². The van der Waals surface area contributed by atoms with Gasteiger partial charge in [-0.25, -0.2) is 4.79 Å². The maximum Gasteiger partial charge on any atom is 0.323 e. The molecule has 0 bridgehead atoms. The van der Waals surface area contributed by atoms with E-state index in [9.17, 15) is 9.59 Å². The predicted molar refractivity (Wildman–Crippen MR) is 146 cm³/mol. The Hall–Kier alpha value is -3.30. The highest BCUT2D eigenvalue weighted by molar-refractivity contribution is 6.02. The van der Waals surface area contributed by atoms with E-state index in [1.54, 1.807) is 68.6 Å². The first-order chi connectivity index (χ1) is 17.7. The number of hydrogen-bond acceptors (Lipinski definition) is 6. The van der Waals surface area contributed by atoms with Crippen molar-refractivity contribution in [1.82, 2.24) is 9.80 Å². The lowest BCUT2D eigenvalue weighted by Gasteiger charge is -2.35. The summed E-state index contributed by atoms with van der Waals surface area (Å²) in [6.07, 6.45) is 0.926. The first-order valence-corrected chi connectivity index (χ1v) is 12.8. The van der Waals surface area contributed by atoms with Gasteiger partial charge < -0.3 is 29.7 Å². The molecule has 3 atom stereocenters. The van der Waals surface area contributed by atoms with Gasteiger partial charge in [0.25, 0.3) is 5.91 Å². The fraction of sp³-hybridized carbons (Fsp3) is 0.500. The minimum absolute atomic E-state index is 0.112. The Bertz CT molecular complexity index is 1060. The fourth-order valence-electron chi connectivity index (χ4n) is 4.52. The Morgan fingerprint density at radius 3 is 2.49 bits per heavy atom. The van der Waals surface area contributed by atoms with Crippen molar-refractivity contribution in [2.45, 2.75) is 39.3 Å². The quantitative estimate of drug-likeness (QED) is 0.590. The van der Waals surface area contributed by atoms with E-state index >= 15 is 0 Å². The molecule has 2 aromatic rings. The maximum atomic E-state index is 13.5. The summed E-state index contributed by atoms with van der Waals surface area (Å²) >= 11 is 0. The molecule has 0 saturated carbocycles. The normalized spacial score (nSPS) is 21.2. The third-order valence-corrected chi connectivity index (χ3v) is 6.67. The second kappa shape index (κ2) is 13.3. The van der Waals surface area contributed by atoms with E-state index in [-0.39, 0.29) is 24.0 Å². The fourth-order valence-corrected chi connectivity index (χ4v) is 4.52. The molecule has 0 aliphatic carbocycles. The second-order valence-corrected chi connectivity index (χ2v) is 9.61. The van der Waals surface area contributed by atoms with Crippen LogP contribution in [0.25, 0.3) is 0 Å². The lowest BCUT2D eigenvalue weighted by molar-refractivity contribution is 0.0108. The number of benzene rings is 2. The zero-order chi connectivity index (χ0) is 26.9. The van der Waals surface area contributed by atoms with Gasteiger partial charge in [0.1, 0.15) is 18.1 Å². The summed E-state index contributed by atoms with van der Waals surface area (Å²) in [6, 6.07) is 11.9. The lowest BCUT2D eigenvalue weighted by atomic mass is 10.0. The van der Waals surface area contributed by atoms with Crippen LogP contribution in [0.5, 0.6) is 11.5 Å². The van der Waals surface area contributed by atoms with Crippen molar-refractivity contribution < 1.29 is 23.8 Å². The number of carbonyl (C=O) groups excluding carboxylic acids is 2. The van der Waals surface area contributed by atoms with Gasteiger partial charge in [-0.15, -0.1) is 0 Å². The predicted octanol–water partition coefficient (Wildman–Crippen LogP) is 4.56. The van der Waals surface area contributed by atoms with E-state index in [2.05, 4.69) is 36.3 Å². The monoisotopic (exact) mass is 512 g/mol. The molecule has 0 saturated heterocycles. The molecule has 202 valence electrons. The van der Waals surface area contributed by atoms with Crippen molar-refractivity contribution in [2.24, 2.45) is 5.92 Å². The molecule has 3 amide bonds. The van der Waals surface area contributed by atoms with E-state index in [0.29, 0.717) is 41.6 Å². The largest absolute Gasteiger partial charge is 0.497 e. The van der Waals surface area contributed by atoms with E-state index < -0.39 is 6.03 Å². The lowest BCUT2D eigenvalue weighted by Crippen LogP contribution is -2.46. The van der Waals surface area contributed by atoms with Gasteiger partial charge in [-0.1, -0.05) is 19.9 Å². The van der Waals surface area contributed by atoms with Gasteiger partial charge in [0.2, 0.25) is 0 Å². The number of ether oxygens (including phenoxy) is 3.